The minimum Gasteiger partial charge on any atom is -0.387 e. The van der Waals surface area contributed by atoms with Gasteiger partial charge >= 0.3 is 23.5 Å². The molecule has 1 aliphatic heterocycles. The predicted octanol–water partition coefficient (Wildman–Crippen LogP) is -1.56. The van der Waals surface area contributed by atoms with Gasteiger partial charge in [0.2, 0.25) is 0 Å². The first-order chi connectivity index (χ1) is 14.2. The zero-order valence-electron chi connectivity index (χ0n) is 14.9. The van der Waals surface area contributed by atoms with Crippen LogP contribution in [0.4, 0.5) is 5.82 Å². The number of fused-ring (bicyclic) bond motifs is 1. The zero-order chi connectivity index (χ0) is 23.2. The van der Waals surface area contributed by atoms with Gasteiger partial charge in [-0.2, -0.15) is 13.7 Å². The maximum Gasteiger partial charge on any atom is 0.490 e. The first-order valence-electron chi connectivity index (χ1n) is 7.93. The van der Waals surface area contributed by atoms with Gasteiger partial charge in [0, 0.05) is 0 Å². The number of nitrogens with two attached hydrogens (primary N) is 1. The van der Waals surface area contributed by atoms with Crippen LogP contribution in [0.3, 0.4) is 0 Å². The van der Waals surface area contributed by atoms with Crippen LogP contribution in [0.2, 0.25) is 0 Å². The van der Waals surface area contributed by atoms with E-state index in [-0.39, 0.29) is 22.5 Å². The molecule has 2 aromatic heterocycles. The van der Waals surface area contributed by atoms with Crippen LogP contribution in [-0.4, -0.2) is 74.9 Å². The van der Waals surface area contributed by atoms with Crippen LogP contribution in [0, 0.1) is 0 Å². The maximum atomic E-state index is 11.8. The number of nitrogens with one attached hydrogen (secondary N) is 1. The van der Waals surface area contributed by atoms with Gasteiger partial charge < -0.3 is 40.3 Å². The molecule has 31 heavy (non-hydrogen) atoms. The Morgan fingerprint density at radius 2 is 1.71 bits per heavy atom. The minimum absolute atomic E-state index is 0.0322. The number of aromatic amines is 1. The molecule has 0 amide bonds. The van der Waals surface area contributed by atoms with Crippen molar-refractivity contribution < 1.29 is 61.4 Å². The Hall–Kier alpha value is -1.36. The lowest BCUT2D eigenvalue weighted by Crippen LogP contribution is -2.33. The fraction of sp³-hybridized carbons (Fsp3) is 0.500. The largest absolute Gasteiger partial charge is 0.490 e. The van der Waals surface area contributed by atoms with Crippen molar-refractivity contribution in [2.24, 2.45) is 0 Å². The van der Waals surface area contributed by atoms with Crippen LogP contribution in [0.1, 0.15) is 11.8 Å². The molecule has 1 fully saturated rings. The molecule has 18 nitrogen and oxygen atoms in total. The van der Waals surface area contributed by atoms with Crippen molar-refractivity contribution in [3.05, 3.63) is 12.0 Å². The normalized spacial score (nSPS) is 28.5. The number of rotatable bonds is 8. The van der Waals surface area contributed by atoms with Gasteiger partial charge in [0.1, 0.15) is 36.3 Å². The Kier molecular flexibility index (Phi) is 6.68. The third kappa shape index (κ3) is 5.71. The number of H-pyrrole nitrogens is 1. The molecule has 6 atom stereocenters. The average molecular weight is 507 g/mol. The second kappa shape index (κ2) is 8.53. The fourth-order valence-corrected chi connectivity index (χ4v) is 5.69. The number of anilines is 1. The lowest BCUT2D eigenvalue weighted by molar-refractivity contribution is -0.0230. The third-order valence-corrected chi connectivity index (χ3v) is 7.66. The molecule has 3 heterocycles. The molecule has 3 rings (SSSR count). The van der Waals surface area contributed by atoms with Crippen LogP contribution in [0.15, 0.2) is 6.33 Å². The lowest BCUT2D eigenvalue weighted by atomic mass is 10.1. The summed E-state index contributed by atoms with van der Waals surface area (Å²) < 4.78 is 50.7. The second-order valence-electron chi connectivity index (χ2n) is 6.06. The van der Waals surface area contributed by atoms with Crippen molar-refractivity contribution in [2.75, 3.05) is 12.3 Å². The molecule has 174 valence electrons. The van der Waals surface area contributed by atoms with E-state index >= 15 is 0 Å². The number of nitrogen functional groups attached to an aromatic ring is 1. The number of phosphoric ester groups is 1. The summed E-state index contributed by atoms with van der Waals surface area (Å²) in [6.07, 6.45) is -4.85. The SMILES string of the molecule is Nc1ncnc2c([C@H]3O[C@@H](COP(=O)(O)OP(=O)(O)OP(=O)(O)O)[C@H](O)[C@@H]3O)[nH]nc12. The highest BCUT2D eigenvalue weighted by atomic mass is 31.3. The van der Waals surface area contributed by atoms with Crippen molar-refractivity contribution in [3.63, 3.8) is 0 Å². The van der Waals surface area contributed by atoms with E-state index in [4.69, 9.17) is 25.2 Å². The molecule has 0 spiro atoms. The summed E-state index contributed by atoms with van der Waals surface area (Å²) >= 11 is 0. The van der Waals surface area contributed by atoms with E-state index in [2.05, 4.69) is 33.3 Å². The van der Waals surface area contributed by atoms with Crippen LogP contribution in [0.25, 0.3) is 11.0 Å². The number of aromatic nitrogens is 4. The zero-order valence-corrected chi connectivity index (χ0v) is 17.6. The van der Waals surface area contributed by atoms with Crippen LogP contribution < -0.4 is 5.73 Å². The number of hydrogen-bond donors (Lipinski definition) is 8. The molecule has 0 aliphatic carbocycles. The standard InChI is InChI=1S/C10H16N5O13P3/c11-10-6-4(12-2-13-10)5(14-15-6)9-8(17)7(16)3(26-9)1-25-30(21,22)28-31(23,24)27-29(18,19)20/h2-3,7-9,16-17H,1H2,(H,14,15)(H,21,22)(H,23,24)(H2,11,12,13)(H2,18,19,20)/t3-,7-,8-,9+/m0/s1. The van der Waals surface area contributed by atoms with E-state index in [0.717, 1.165) is 6.33 Å². The van der Waals surface area contributed by atoms with Gasteiger partial charge in [0.15, 0.2) is 11.3 Å². The van der Waals surface area contributed by atoms with Gasteiger partial charge in [-0.25, -0.2) is 23.7 Å². The first kappa shape index (κ1) is 24.3. The van der Waals surface area contributed by atoms with Gasteiger partial charge in [-0.15, -0.1) is 0 Å². The highest BCUT2D eigenvalue weighted by Crippen LogP contribution is 2.66. The van der Waals surface area contributed by atoms with E-state index in [1.54, 1.807) is 0 Å². The topological polar surface area (TPSA) is 290 Å². The highest BCUT2D eigenvalue weighted by molar-refractivity contribution is 7.66. The average Bonchev–Trinajstić information content (AvgIpc) is 3.13. The fourth-order valence-electron chi connectivity index (χ4n) is 2.66. The quantitative estimate of drug-likeness (QED) is 0.187. The van der Waals surface area contributed by atoms with Gasteiger partial charge in [-0.3, -0.25) is 9.62 Å². The molecule has 1 saturated heterocycles. The van der Waals surface area contributed by atoms with Crippen LogP contribution in [0.5, 0.6) is 0 Å². The Morgan fingerprint density at radius 1 is 1.03 bits per heavy atom. The Bertz CT molecular complexity index is 1100. The molecule has 0 aromatic carbocycles. The van der Waals surface area contributed by atoms with Crippen molar-refractivity contribution in [2.45, 2.75) is 24.4 Å². The first-order valence-corrected chi connectivity index (χ1v) is 12.5. The molecule has 1 aliphatic rings. The smallest absolute Gasteiger partial charge is 0.387 e. The van der Waals surface area contributed by atoms with E-state index in [1.165, 1.54) is 0 Å². The number of nitrogens with zero attached hydrogens (tertiary/aromatic N) is 3. The molecular formula is C10H16N5O13P3. The van der Waals surface area contributed by atoms with Crippen LogP contribution >= 0.6 is 23.5 Å². The number of hydrogen-bond acceptors (Lipinski definition) is 13. The Labute approximate surface area is 171 Å². The summed E-state index contributed by atoms with van der Waals surface area (Å²) in [5.74, 6) is 0.0322. The van der Waals surface area contributed by atoms with Crippen molar-refractivity contribution in [3.8, 4) is 0 Å². The summed E-state index contributed by atoms with van der Waals surface area (Å²) in [7, 11) is -16.7. The molecule has 0 saturated carbocycles. The van der Waals surface area contributed by atoms with Crippen LogP contribution in [-0.2, 0) is 31.6 Å². The summed E-state index contributed by atoms with van der Waals surface area (Å²) in [6.45, 7) is -0.957. The number of aliphatic hydroxyl groups excluding tert-OH is 2. The van der Waals surface area contributed by atoms with E-state index in [1.807, 2.05) is 0 Å². The monoisotopic (exact) mass is 507 g/mol. The molecule has 2 aromatic rings. The molecule has 21 heteroatoms. The van der Waals surface area contributed by atoms with Gasteiger partial charge in [0.25, 0.3) is 0 Å². The third-order valence-electron chi connectivity index (χ3n) is 3.86. The molecule has 9 N–H and O–H groups in total. The molecule has 2 unspecified atom stereocenters. The summed E-state index contributed by atoms with van der Waals surface area (Å²) in [5.41, 5.74) is 6.11. The maximum absolute atomic E-state index is 11.8. The number of phosphoric acid groups is 3. The lowest BCUT2D eigenvalue weighted by Gasteiger charge is -2.19. The summed E-state index contributed by atoms with van der Waals surface area (Å²) in [4.78, 5) is 43.3. The van der Waals surface area contributed by atoms with E-state index in [9.17, 15) is 28.8 Å². The second-order valence-corrected chi connectivity index (χ2v) is 10.5. The predicted molar refractivity (Wildman–Crippen MR) is 95.5 cm³/mol. The van der Waals surface area contributed by atoms with Crippen molar-refractivity contribution >= 4 is 40.3 Å². The van der Waals surface area contributed by atoms with Gasteiger partial charge in [-0.1, -0.05) is 0 Å². The van der Waals surface area contributed by atoms with Crippen molar-refractivity contribution in [1.29, 1.82) is 0 Å². The van der Waals surface area contributed by atoms with Crippen molar-refractivity contribution in [1.82, 2.24) is 20.2 Å². The van der Waals surface area contributed by atoms with Gasteiger partial charge in [-0.05, 0) is 0 Å². The number of aliphatic hydroxyl groups is 2. The molecule has 0 radical (unpaired) electrons. The minimum atomic E-state index is -5.70. The van der Waals surface area contributed by atoms with E-state index < -0.39 is 54.5 Å². The van der Waals surface area contributed by atoms with E-state index in [0.29, 0.717) is 0 Å². The summed E-state index contributed by atoms with van der Waals surface area (Å²) in [6, 6.07) is 0. The Balaban J connectivity index is 1.69. The number of ether oxygens (including phenoxy) is 1. The molecular weight excluding hydrogens is 491 g/mol. The summed E-state index contributed by atoms with van der Waals surface area (Å²) in [5, 5.41) is 26.8. The highest BCUT2D eigenvalue weighted by Gasteiger charge is 2.47. The molecule has 0 bridgehead atoms. The van der Waals surface area contributed by atoms with Gasteiger partial charge in [0.05, 0.1) is 12.3 Å². The Morgan fingerprint density at radius 3 is 2.35 bits per heavy atom.